The first-order valence-electron chi connectivity index (χ1n) is 8.03. The Morgan fingerprint density at radius 1 is 1.30 bits per heavy atom. The van der Waals surface area contributed by atoms with Crippen molar-refractivity contribution in [1.29, 1.82) is 0 Å². The van der Waals surface area contributed by atoms with Crippen LogP contribution in [0.4, 0.5) is 5.82 Å². The molecule has 1 amide bonds. The van der Waals surface area contributed by atoms with Crippen LogP contribution in [-0.2, 0) is 0 Å². The normalized spacial score (nSPS) is 26.3. The lowest BCUT2D eigenvalue weighted by Gasteiger charge is -2.30. The number of H-pyrrole nitrogens is 1. The van der Waals surface area contributed by atoms with Gasteiger partial charge in [-0.05, 0) is 37.0 Å². The molecular formula is C16H20N6O. The number of fused-ring (bicyclic) bond motifs is 1. The second-order valence-corrected chi connectivity index (χ2v) is 6.44. The molecular weight excluding hydrogens is 292 g/mol. The molecule has 2 aliphatic rings. The van der Waals surface area contributed by atoms with Gasteiger partial charge in [0.15, 0.2) is 5.82 Å². The van der Waals surface area contributed by atoms with Gasteiger partial charge in [-0.25, -0.2) is 0 Å². The summed E-state index contributed by atoms with van der Waals surface area (Å²) < 4.78 is 0. The van der Waals surface area contributed by atoms with Crippen molar-refractivity contribution >= 4 is 11.7 Å². The fourth-order valence-electron chi connectivity index (χ4n) is 4.08. The Hall–Kier alpha value is -2.44. The standard InChI is InChI=1S/C16H20N6O/c1-21(15-3-2-7-17-20-15)14-5-4-11-9-22(10-12(11)14)16(23)13-6-8-18-19-13/h2-3,6-8,11-12,14H,4-5,9-10H2,1H3,(H,18,19)/t11-,12+,14-/m1/s1. The summed E-state index contributed by atoms with van der Waals surface area (Å²) in [5.74, 6) is 2.02. The fourth-order valence-corrected chi connectivity index (χ4v) is 4.08. The topological polar surface area (TPSA) is 78.0 Å². The molecule has 3 atom stereocenters. The molecule has 7 nitrogen and oxygen atoms in total. The van der Waals surface area contributed by atoms with Gasteiger partial charge in [0.1, 0.15) is 5.69 Å². The van der Waals surface area contributed by atoms with Crippen LogP contribution in [0.5, 0.6) is 0 Å². The van der Waals surface area contributed by atoms with E-state index in [9.17, 15) is 4.79 Å². The Labute approximate surface area is 134 Å². The molecule has 0 spiro atoms. The van der Waals surface area contributed by atoms with E-state index < -0.39 is 0 Å². The van der Waals surface area contributed by atoms with E-state index in [1.54, 1.807) is 18.5 Å². The number of nitrogens with zero attached hydrogens (tertiary/aromatic N) is 5. The predicted molar refractivity (Wildman–Crippen MR) is 84.9 cm³/mol. The van der Waals surface area contributed by atoms with Crippen LogP contribution in [0.2, 0.25) is 0 Å². The Bertz CT molecular complexity index is 673. The molecule has 0 radical (unpaired) electrons. The molecule has 0 aromatic carbocycles. The van der Waals surface area contributed by atoms with Crippen molar-refractivity contribution in [3.63, 3.8) is 0 Å². The largest absolute Gasteiger partial charge is 0.355 e. The molecule has 0 unspecified atom stereocenters. The third kappa shape index (κ3) is 2.46. The van der Waals surface area contributed by atoms with Gasteiger partial charge in [-0.15, -0.1) is 5.10 Å². The van der Waals surface area contributed by atoms with Gasteiger partial charge in [-0.2, -0.15) is 10.2 Å². The lowest BCUT2D eigenvalue weighted by molar-refractivity contribution is 0.0773. The number of anilines is 1. The maximum Gasteiger partial charge on any atom is 0.271 e. The Balaban J connectivity index is 1.48. The number of carbonyl (C=O) groups is 1. The van der Waals surface area contributed by atoms with Crippen molar-refractivity contribution in [2.75, 3.05) is 25.0 Å². The number of hydrogen-bond donors (Lipinski definition) is 1. The monoisotopic (exact) mass is 312 g/mol. The van der Waals surface area contributed by atoms with E-state index in [2.05, 4.69) is 32.3 Å². The van der Waals surface area contributed by atoms with Crippen molar-refractivity contribution in [3.05, 3.63) is 36.3 Å². The van der Waals surface area contributed by atoms with Crippen LogP contribution in [0.3, 0.4) is 0 Å². The second kappa shape index (κ2) is 5.64. The predicted octanol–water partition coefficient (Wildman–Crippen LogP) is 1.19. The Morgan fingerprint density at radius 2 is 2.22 bits per heavy atom. The highest BCUT2D eigenvalue weighted by molar-refractivity contribution is 5.92. The van der Waals surface area contributed by atoms with Gasteiger partial charge < -0.3 is 9.80 Å². The molecule has 1 saturated heterocycles. The van der Waals surface area contributed by atoms with Crippen molar-refractivity contribution < 1.29 is 4.79 Å². The minimum absolute atomic E-state index is 0.0535. The summed E-state index contributed by atoms with van der Waals surface area (Å²) in [5.41, 5.74) is 0.573. The van der Waals surface area contributed by atoms with Gasteiger partial charge in [0.05, 0.1) is 0 Å². The van der Waals surface area contributed by atoms with Crippen LogP contribution in [0, 0.1) is 11.8 Å². The molecule has 4 rings (SSSR count). The fraction of sp³-hybridized carbons (Fsp3) is 0.500. The second-order valence-electron chi connectivity index (χ2n) is 6.44. The summed E-state index contributed by atoms with van der Waals surface area (Å²) in [4.78, 5) is 16.7. The summed E-state index contributed by atoms with van der Waals surface area (Å²) >= 11 is 0. The van der Waals surface area contributed by atoms with Gasteiger partial charge in [-0.3, -0.25) is 9.89 Å². The molecule has 1 N–H and O–H groups in total. The zero-order valence-corrected chi connectivity index (χ0v) is 13.1. The zero-order chi connectivity index (χ0) is 15.8. The van der Waals surface area contributed by atoms with Crippen LogP contribution >= 0.6 is 0 Å². The van der Waals surface area contributed by atoms with Crippen molar-refractivity contribution in [1.82, 2.24) is 25.3 Å². The van der Waals surface area contributed by atoms with Crippen LogP contribution in [0.25, 0.3) is 0 Å². The van der Waals surface area contributed by atoms with E-state index in [0.717, 1.165) is 31.7 Å². The highest BCUT2D eigenvalue weighted by Gasteiger charge is 2.45. The maximum absolute atomic E-state index is 12.5. The third-order valence-corrected chi connectivity index (χ3v) is 5.25. The molecule has 7 heteroatoms. The van der Waals surface area contributed by atoms with Crippen molar-refractivity contribution in [2.24, 2.45) is 11.8 Å². The van der Waals surface area contributed by atoms with Gasteiger partial charge in [0.2, 0.25) is 0 Å². The first-order valence-corrected chi connectivity index (χ1v) is 8.03. The smallest absolute Gasteiger partial charge is 0.271 e. The number of rotatable bonds is 3. The molecule has 120 valence electrons. The van der Waals surface area contributed by atoms with Crippen molar-refractivity contribution in [2.45, 2.75) is 18.9 Å². The summed E-state index contributed by atoms with van der Waals surface area (Å²) in [6.45, 7) is 1.64. The molecule has 2 fully saturated rings. The minimum Gasteiger partial charge on any atom is -0.355 e. The van der Waals surface area contributed by atoms with Gasteiger partial charge in [-0.1, -0.05) is 0 Å². The molecule has 2 aromatic rings. The highest BCUT2D eigenvalue weighted by atomic mass is 16.2. The van der Waals surface area contributed by atoms with Crippen LogP contribution in [-0.4, -0.2) is 57.4 Å². The SMILES string of the molecule is CN(c1cccnn1)[C@@H]1CC[C@@H]2CN(C(=O)c3ccn[nH]3)C[C@@H]21. The van der Waals surface area contributed by atoms with E-state index in [-0.39, 0.29) is 5.91 Å². The number of nitrogens with one attached hydrogen (secondary N) is 1. The average molecular weight is 312 g/mol. The van der Waals surface area contributed by atoms with E-state index in [4.69, 9.17) is 0 Å². The number of amides is 1. The maximum atomic E-state index is 12.5. The molecule has 0 bridgehead atoms. The summed E-state index contributed by atoms with van der Waals surface area (Å²) in [6.07, 6.45) is 5.62. The zero-order valence-electron chi connectivity index (χ0n) is 13.1. The van der Waals surface area contributed by atoms with E-state index in [1.165, 1.54) is 0 Å². The van der Waals surface area contributed by atoms with Crippen LogP contribution in [0.1, 0.15) is 23.3 Å². The average Bonchev–Trinajstić information content (AvgIpc) is 3.30. The number of carbonyl (C=O) groups excluding carboxylic acids is 1. The summed E-state index contributed by atoms with van der Waals surface area (Å²) in [6, 6.07) is 6.05. The van der Waals surface area contributed by atoms with E-state index in [0.29, 0.717) is 23.6 Å². The molecule has 1 aliphatic heterocycles. The summed E-state index contributed by atoms with van der Waals surface area (Å²) in [7, 11) is 2.08. The molecule has 3 heterocycles. The van der Waals surface area contributed by atoms with Gasteiger partial charge in [0.25, 0.3) is 5.91 Å². The van der Waals surface area contributed by atoms with Crippen LogP contribution < -0.4 is 4.90 Å². The molecule has 1 saturated carbocycles. The minimum atomic E-state index is 0.0535. The van der Waals surface area contributed by atoms with Crippen molar-refractivity contribution in [3.8, 4) is 0 Å². The molecule has 1 aliphatic carbocycles. The number of hydrogen-bond acceptors (Lipinski definition) is 5. The van der Waals surface area contributed by atoms with E-state index in [1.807, 2.05) is 17.0 Å². The first kappa shape index (κ1) is 14.2. The lowest BCUT2D eigenvalue weighted by atomic mass is 9.97. The third-order valence-electron chi connectivity index (χ3n) is 5.25. The quantitative estimate of drug-likeness (QED) is 0.921. The Morgan fingerprint density at radius 3 is 2.96 bits per heavy atom. The number of aromatic nitrogens is 4. The highest BCUT2D eigenvalue weighted by Crippen LogP contribution is 2.41. The van der Waals surface area contributed by atoms with E-state index >= 15 is 0 Å². The number of aromatic amines is 1. The van der Waals surface area contributed by atoms with Gasteiger partial charge >= 0.3 is 0 Å². The lowest BCUT2D eigenvalue weighted by Crippen LogP contribution is -2.39. The molecule has 2 aromatic heterocycles. The van der Waals surface area contributed by atoms with Crippen LogP contribution in [0.15, 0.2) is 30.6 Å². The molecule has 23 heavy (non-hydrogen) atoms. The van der Waals surface area contributed by atoms with Gasteiger partial charge in [0, 0.05) is 44.5 Å². The summed E-state index contributed by atoms with van der Waals surface area (Å²) in [5, 5.41) is 14.8. The number of likely N-dealkylation sites (tertiary alicyclic amines) is 1. The first-order chi connectivity index (χ1) is 11.2. The Kier molecular flexibility index (Phi) is 3.48.